The number of anilines is 1. The van der Waals surface area contributed by atoms with E-state index in [2.05, 4.69) is 10.3 Å². The lowest BCUT2D eigenvalue weighted by molar-refractivity contribution is 0.0999. The van der Waals surface area contributed by atoms with Crippen LogP contribution in [0, 0.1) is 12.7 Å². The molecule has 2 heterocycles. The topological polar surface area (TPSA) is 55.1 Å². The van der Waals surface area contributed by atoms with Gasteiger partial charge < -0.3 is 9.73 Å². The largest absolute Gasteiger partial charge is 0.450 e. The zero-order chi connectivity index (χ0) is 16.7. The number of nitrogens with one attached hydrogen (secondary N) is 1. The number of benzene rings is 2. The number of carbonyl (C=O) groups is 1. The first-order valence-electron chi connectivity index (χ1n) is 7.47. The Morgan fingerprint density at radius 3 is 2.62 bits per heavy atom. The molecule has 0 aliphatic rings. The summed E-state index contributed by atoms with van der Waals surface area (Å²) in [6.45, 7) is 1.88. The molecule has 1 N–H and O–H groups in total. The first kappa shape index (κ1) is 14.4. The first-order chi connectivity index (χ1) is 11.6. The van der Waals surface area contributed by atoms with E-state index in [0.717, 1.165) is 22.0 Å². The number of para-hydroxylation sites is 1. The molecule has 2 aromatic carbocycles. The van der Waals surface area contributed by atoms with Crippen LogP contribution in [0.15, 0.2) is 59.0 Å². The molecule has 5 heteroatoms. The van der Waals surface area contributed by atoms with Gasteiger partial charge in [-0.15, -0.1) is 0 Å². The quantitative estimate of drug-likeness (QED) is 0.583. The molecular weight excluding hydrogens is 307 g/mol. The predicted octanol–water partition coefficient (Wildman–Crippen LogP) is 4.68. The van der Waals surface area contributed by atoms with E-state index in [1.54, 1.807) is 6.07 Å². The molecule has 0 radical (unpaired) electrons. The van der Waals surface area contributed by atoms with Gasteiger partial charge in [-0.1, -0.05) is 12.1 Å². The third-order valence-corrected chi connectivity index (χ3v) is 3.88. The SMILES string of the molecule is Cc1nc2ccccc2c2oc(C(=O)Nc3ccc(F)cc3)cc12. The maximum absolute atomic E-state index is 12.9. The minimum absolute atomic E-state index is 0.190. The highest BCUT2D eigenvalue weighted by Crippen LogP contribution is 2.29. The molecule has 4 nitrogen and oxygen atoms in total. The van der Waals surface area contributed by atoms with Crippen LogP contribution in [0.5, 0.6) is 0 Å². The molecule has 4 aromatic rings. The van der Waals surface area contributed by atoms with Gasteiger partial charge >= 0.3 is 0 Å². The van der Waals surface area contributed by atoms with Crippen molar-refractivity contribution in [1.82, 2.24) is 4.98 Å². The van der Waals surface area contributed by atoms with E-state index in [-0.39, 0.29) is 17.5 Å². The van der Waals surface area contributed by atoms with E-state index in [1.165, 1.54) is 24.3 Å². The van der Waals surface area contributed by atoms with E-state index >= 15 is 0 Å². The summed E-state index contributed by atoms with van der Waals surface area (Å²) in [6.07, 6.45) is 0. The average Bonchev–Trinajstić information content (AvgIpc) is 3.03. The number of hydrogen-bond acceptors (Lipinski definition) is 3. The molecule has 0 aliphatic carbocycles. The summed E-state index contributed by atoms with van der Waals surface area (Å²) in [7, 11) is 0. The molecule has 0 bridgehead atoms. The van der Waals surface area contributed by atoms with Gasteiger partial charge in [0.15, 0.2) is 5.76 Å². The van der Waals surface area contributed by atoms with Gasteiger partial charge in [-0.05, 0) is 49.4 Å². The van der Waals surface area contributed by atoms with E-state index in [1.807, 2.05) is 31.2 Å². The molecule has 118 valence electrons. The van der Waals surface area contributed by atoms with Gasteiger partial charge in [0.25, 0.3) is 5.91 Å². The van der Waals surface area contributed by atoms with E-state index in [4.69, 9.17) is 4.42 Å². The Morgan fingerprint density at radius 1 is 1.08 bits per heavy atom. The Balaban J connectivity index is 1.77. The molecule has 0 aliphatic heterocycles. The van der Waals surface area contributed by atoms with Crippen molar-refractivity contribution in [2.45, 2.75) is 6.92 Å². The molecule has 0 unspecified atom stereocenters. The standard InChI is InChI=1S/C19H13FN2O2/c1-11-15-10-17(19(23)22-13-8-6-12(20)7-9-13)24-18(15)14-4-2-3-5-16(14)21-11/h2-10H,1H3,(H,22,23). The summed E-state index contributed by atoms with van der Waals surface area (Å²) in [5, 5.41) is 4.36. The number of pyridine rings is 1. The lowest BCUT2D eigenvalue weighted by atomic mass is 10.1. The highest BCUT2D eigenvalue weighted by Gasteiger charge is 2.16. The predicted molar refractivity (Wildman–Crippen MR) is 90.6 cm³/mol. The number of furan rings is 1. The van der Waals surface area contributed by atoms with E-state index in [9.17, 15) is 9.18 Å². The second-order valence-corrected chi connectivity index (χ2v) is 5.53. The minimum atomic E-state index is -0.388. The Bertz CT molecular complexity index is 1070. The van der Waals surface area contributed by atoms with E-state index in [0.29, 0.717) is 11.3 Å². The molecule has 0 fully saturated rings. The fraction of sp³-hybridized carbons (Fsp3) is 0.0526. The van der Waals surface area contributed by atoms with Crippen LogP contribution in [-0.4, -0.2) is 10.9 Å². The minimum Gasteiger partial charge on any atom is -0.450 e. The van der Waals surface area contributed by atoms with Crippen LogP contribution in [0.2, 0.25) is 0 Å². The van der Waals surface area contributed by atoms with Crippen LogP contribution < -0.4 is 5.32 Å². The second-order valence-electron chi connectivity index (χ2n) is 5.53. The van der Waals surface area contributed by atoms with Crippen molar-refractivity contribution < 1.29 is 13.6 Å². The number of halogens is 1. The zero-order valence-corrected chi connectivity index (χ0v) is 12.8. The highest BCUT2D eigenvalue weighted by molar-refractivity contribution is 6.09. The fourth-order valence-corrected chi connectivity index (χ4v) is 2.70. The Hall–Kier alpha value is -3.21. The van der Waals surface area contributed by atoms with Gasteiger partial charge in [-0.2, -0.15) is 0 Å². The maximum Gasteiger partial charge on any atom is 0.291 e. The smallest absolute Gasteiger partial charge is 0.291 e. The molecule has 0 saturated carbocycles. The summed E-state index contributed by atoms with van der Waals surface area (Å²) in [4.78, 5) is 16.9. The van der Waals surface area contributed by atoms with Gasteiger partial charge in [0.05, 0.1) is 5.52 Å². The molecule has 0 spiro atoms. The molecule has 2 aromatic heterocycles. The van der Waals surface area contributed by atoms with Crippen molar-refractivity contribution in [3.8, 4) is 0 Å². The normalized spacial score (nSPS) is 11.1. The number of rotatable bonds is 2. The zero-order valence-electron chi connectivity index (χ0n) is 12.8. The first-order valence-corrected chi connectivity index (χ1v) is 7.47. The van der Waals surface area contributed by atoms with Gasteiger partial charge in [0.1, 0.15) is 11.4 Å². The third-order valence-electron chi connectivity index (χ3n) is 3.88. The Labute approximate surface area is 136 Å². The number of fused-ring (bicyclic) bond motifs is 3. The number of amides is 1. The van der Waals surface area contributed by atoms with Crippen LogP contribution in [0.3, 0.4) is 0 Å². The van der Waals surface area contributed by atoms with Crippen molar-refractivity contribution >= 4 is 33.5 Å². The van der Waals surface area contributed by atoms with Crippen LogP contribution in [0.4, 0.5) is 10.1 Å². The van der Waals surface area contributed by atoms with Crippen LogP contribution in [0.25, 0.3) is 21.9 Å². The molecule has 24 heavy (non-hydrogen) atoms. The summed E-state index contributed by atoms with van der Waals surface area (Å²) in [6, 6.07) is 14.9. The Kier molecular flexibility index (Phi) is 3.27. The summed E-state index contributed by atoms with van der Waals surface area (Å²) in [5.41, 5.74) is 2.76. The Morgan fingerprint density at radius 2 is 1.83 bits per heavy atom. The number of hydrogen-bond donors (Lipinski definition) is 1. The molecule has 0 saturated heterocycles. The number of carbonyl (C=O) groups excluding carboxylic acids is 1. The van der Waals surface area contributed by atoms with E-state index < -0.39 is 0 Å². The van der Waals surface area contributed by atoms with Gasteiger partial charge in [0, 0.05) is 22.2 Å². The summed E-state index contributed by atoms with van der Waals surface area (Å²) < 4.78 is 18.7. The van der Waals surface area contributed by atoms with Crippen molar-refractivity contribution in [1.29, 1.82) is 0 Å². The van der Waals surface area contributed by atoms with Crippen molar-refractivity contribution in [2.24, 2.45) is 0 Å². The van der Waals surface area contributed by atoms with Crippen LogP contribution in [0.1, 0.15) is 16.2 Å². The van der Waals surface area contributed by atoms with Gasteiger partial charge in [0.2, 0.25) is 0 Å². The average molecular weight is 320 g/mol. The van der Waals surface area contributed by atoms with Crippen molar-refractivity contribution in [3.05, 3.63) is 71.9 Å². The van der Waals surface area contributed by atoms with Crippen LogP contribution in [-0.2, 0) is 0 Å². The summed E-state index contributed by atoms with van der Waals surface area (Å²) in [5.74, 6) is -0.554. The van der Waals surface area contributed by atoms with Crippen molar-refractivity contribution in [2.75, 3.05) is 5.32 Å². The second kappa shape index (κ2) is 5.45. The fourth-order valence-electron chi connectivity index (χ4n) is 2.70. The van der Waals surface area contributed by atoms with Crippen LogP contribution >= 0.6 is 0 Å². The maximum atomic E-state index is 12.9. The lowest BCUT2D eigenvalue weighted by Gasteiger charge is -2.02. The monoisotopic (exact) mass is 320 g/mol. The molecule has 1 amide bonds. The molecule has 4 rings (SSSR count). The molecular formula is C19H13FN2O2. The van der Waals surface area contributed by atoms with Crippen molar-refractivity contribution in [3.63, 3.8) is 0 Å². The lowest BCUT2D eigenvalue weighted by Crippen LogP contribution is -2.10. The number of aromatic nitrogens is 1. The van der Waals surface area contributed by atoms with Gasteiger partial charge in [-0.3, -0.25) is 9.78 Å². The number of aryl methyl sites for hydroxylation is 1. The summed E-state index contributed by atoms with van der Waals surface area (Å²) >= 11 is 0. The molecule has 0 atom stereocenters. The third kappa shape index (κ3) is 2.40. The highest BCUT2D eigenvalue weighted by atomic mass is 19.1. The number of nitrogens with zero attached hydrogens (tertiary/aromatic N) is 1. The van der Waals surface area contributed by atoms with Gasteiger partial charge in [-0.25, -0.2) is 4.39 Å².